The van der Waals surface area contributed by atoms with Gasteiger partial charge in [-0.05, 0) is 77.0 Å². The van der Waals surface area contributed by atoms with Gasteiger partial charge in [0.15, 0.2) is 0 Å². The van der Waals surface area contributed by atoms with Crippen LogP contribution in [0.25, 0.3) is 11.0 Å². The molecule has 1 aliphatic carbocycles. The Bertz CT molecular complexity index is 1120. The van der Waals surface area contributed by atoms with E-state index in [9.17, 15) is 9.59 Å². The summed E-state index contributed by atoms with van der Waals surface area (Å²) in [6, 6.07) is 11.1. The average molecular weight is 392 g/mol. The number of nitrogens with one attached hydrogen (secondary N) is 1. The number of likely N-dealkylation sites (tertiary alicyclic amines) is 1. The molecule has 0 bridgehead atoms. The molecule has 2 N–H and O–H groups in total. The lowest BCUT2D eigenvalue weighted by Crippen LogP contribution is -2.38. The van der Waals surface area contributed by atoms with Crippen LogP contribution in [0.15, 0.2) is 41.0 Å². The number of fused-ring (bicyclic) bond motifs is 2. The molecule has 5 rings (SSSR count). The highest BCUT2D eigenvalue weighted by molar-refractivity contribution is 5.93. The molecular formula is C21H20N4O4. The smallest absolute Gasteiger partial charge is 0.274 e. The first-order valence-corrected chi connectivity index (χ1v) is 9.65. The molecule has 1 aromatic heterocycles. The van der Waals surface area contributed by atoms with Crippen LogP contribution < -0.4 is 5.48 Å². The van der Waals surface area contributed by atoms with E-state index < -0.39 is 11.3 Å². The second-order valence-corrected chi connectivity index (χ2v) is 7.95. The Morgan fingerprint density at radius 2 is 2.00 bits per heavy atom. The lowest BCUT2D eigenvalue weighted by atomic mass is 9.70. The van der Waals surface area contributed by atoms with Crippen LogP contribution in [0.2, 0.25) is 0 Å². The van der Waals surface area contributed by atoms with Gasteiger partial charge in [0.2, 0.25) is 5.91 Å². The highest BCUT2D eigenvalue weighted by Crippen LogP contribution is 2.44. The molecule has 1 spiro atoms. The third-order valence-corrected chi connectivity index (χ3v) is 6.26. The number of aryl methyl sites for hydroxylation is 1. The second kappa shape index (κ2) is 6.66. The molecule has 8 heteroatoms. The average Bonchev–Trinajstić information content (AvgIpc) is 3.33. The maximum atomic E-state index is 13.3. The number of carbonyl (C=O) groups excluding carboxylic acids is 2. The van der Waals surface area contributed by atoms with Gasteiger partial charge in [-0.3, -0.25) is 14.8 Å². The first-order valence-electron chi connectivity index (χ1n) is 9.65. The zero-order valence-corrected chi connectivity index (χ0v) is 15.7. The zero-order valence-electron chi connectivity index (χ0n) is 15.7. The number of hydrogen-bond acceptors (Lipinski definition) is 6. The minimum Gasteiger partial charge on any atom is -0.338 e. The van der Waals surface area contributed by atoms with E-state index in [2.05, 4.69) is 10.3 Å². The SMILES string of the molecule is O=C(NO)c1ccc2c(c1)C[C@@]1(CC2)CCN(Cc2ccc3nonc3c2)C1=O. The number of carbonyl (C=O) groups is 2. The Hall–Kier alpha value is -3.26. The van der Waals surface area contributed by atoms with Crippen LogP contribution in [0.5, 0.6) is 0 Å². The van der Waals surface area contributed by atoms with Crippen LogP contribution in [0.3, 0.4) is 0 Å². The Morgan fingerprint density at radius 1 is 1.14 bits per heavy atom. The van der Waals surface area contributed by atoms with Gasteiger partial charge in [-0.1, -0.05) is 12.1 Å². The maximum absolute atomic E-state index is 13.3. The van der Waals surface area contributed by atoms with E-state index in [1.807, 2.05) is 29.2 Å². The van der Waals surface area contributed by atoms with Crippen LogP contribution in [-0.4, -0.2) is 38.8 Å². The van der Waals surface area contributed by atoms with E-state index in [4.69, 9.17) is 9.84 Å². The lowest BCUT2D eigenvalue weighted by Gasteiger charge is -2.33. The number of rotatable bonds is 3. The summed E-state index contributed by atoms with van der Waals surface area (Å²) in [6.45, 7) is 1.24. The molecule has 1 saturated heterocycles. The molecule has 2 amide bonds. The van der Waals surface area contributed by atoms with Crippen molar-refractivity contribution < 1.29 is 19.4 Å². The Morgan fingerprint density at radius 3 is 2.86 bits per heavy atom. The van der Waals surface area contributed by atoms with Crippen molar-refractivity contribution in [2.45, 2.75) is 32.2 Å². The monoisotopic (exact) mass is 392 g/mol. The molecule has 2 aliphatic rings. The molecule has 0 radical (unpaired) electrons. The fourth-order valence-corrected chi connectivity index (χ4v) is 4.65. The molecular weight excluding hydrogens is 372 g/mol. The molecule has 148 valence electrons. The van der Waals surface area contributed by atoms with Crippen molar-refractivity contribution in [2.24, 2.45) is 5.41 Å². The number of nitrogens with zero attached hydrogens (tertiary/aromatic N) is 3. The molecule has 3 aromatic rings. The van der Waals surface area contributed by atoms with Crippen LogP contribution >= 0.6 is 0 Å². The van der Waals surface area contributed by atoms with Gasteiger partial charge >= 0.3 is 0 Å². The van der Waals surface area contributed by atoms with Crippen LogP contribution in [0, 0.1) is 5.41 Å². The number of hydroxylamine groups is 1. The molecule has 2 aromatic carbocycles. The Balaban J connectivity index is 1.37. The molecule has 0 unspecified atom stereocenters. The van der Waals surface area contributed by atoms with Crippen molar-refractivity contribution in [1.82, 2.24) is 20.7 Å². The van der Waals surface area contributed by atoms with E-state index in [-0.39, 0.29) is 5.91 Å². The fraction of sp³-hybridized carbons (Fsp3) is 0.333. The Kier molecular flexibility index (Phi) is 4.09. The summed E-state index contributed by atoms with van der Waals surface area (Å²) < 4.78 is 4.74. The quantitative estimate of drug-likeness (QED) is 0.523. The van der Waals surface area contributed by atoms with Crippen LogP contribution in [-0.2, 0) is 24.2 Å². The second-order valence-electron chi connectivity index (χ2n) is 7.95. The predicted octanol–water partition coefficient (Wildman–Crippen LogP) is 2.25. The largest absolute Gasteiger partial charge is 0.338 e. The van der Waals surface area contributed by atoms with Gasteiger partial charge in [-0.25, -0.2) is 10.1 Å². The zero-order chi connectivity index (χ0) is 20.0. The first kappa shape index (κ1) is 17.8. The van der Waals surface area contributed by atoms with Gasteiger partial charge in [0, 0.05) is 18.7 Å². The van der Waals surface area contributed by atoms with Crippen molar-refractivity contribution >= 4 is 22.8 Å². The summed E-state index contributed by atoms with van der Waals surface area (Å²) in [5.41, 5.74) is 6.22. The van der Waals surface area contributed by atoms with Crippen molar-refractivity contribution in [3.8, 4) is 0 Å². The third kappa shape index (κ3) is 2.96. The van der Waals surface area contributed by atoms with Crippen LogP contribution in [0.4, 0.5) is 0 Å². The minimum absolute atomic E-state index is 0.165. The van der Waals surface area contributed by atoms with Gasteiger partial charge in [-0.2, -0.15) is 0 Å². The van der Waals surface area contributed by atoms with E-state index in [1.54, 1.807) is 17.6 Å². The number of amides is 2. The summed E-state index contributed by atoms with van der Waals surface area (Å²) in [6.07, 6.45) is 3.05. The number of aromatic nitrogens is 2. The standard InChI is InChI=1S/C21H20N4O4/c26-19(22-28)15-3-2-14-5-6-21(11-16(14)10-15)7-8-25(20(21)27)12-13-1-4-17-18(9-13)24-29-23-17/h1-4,9-10,28H,5-8,11-12H2,(H,22,26)/t21-/m1/s1. The van der Waals surface area contributed by atoms with Gasteiger partial charge in [0.25, 0.3) is 5.91 Å². The lowest BCUT2D eigenvalue weighted by molar-refractivity contribution is -0.137. The summed E-state index contributed by atoms with van der Waals surface area (Å²) in [4.78, 5) is 27.0. The van der Waals surface area contributed by atoms with Crippen LogP contribution in [0.1, 0.15) is 39.9 Å². The molecule has 1 aliphatic heterocycles. The summed E-state index contributed by atoms with van der Waals surface area (Å²) in [5, 5.41) is 16.6. The van der Waals surface area contributed by atoms with Gasteiger partial charge in [-0.15, -0.1) is 0 Å². The minimum atomic E-state index is -0.537. The van der Waals surface area contributed by atoms with Gasteiger partial charge < -0.3 is 4.90 Å². The highest BCUT2D eigenvalue weighted by Gasteiger charge is 2.48. The van der Waals surface area contributed by atoms with Crippen molar-refractivity contribution in [2.75, 3.05) is 6.54 Å². The van der Waals surface area contributed by atoms with Crippen molar-refractivity contribution in [3.63, 3.8) is 0 Å². The van der Waals surface area contributed by atoms with Gasteiger partial charge in [0.05, 0.1) is 5.41 Å². The normalized spacial score (nSPS) is 21.0. The topological polar surface area (TPSA) is 109 Å². The summed E-state index contributed by atoms with van der Waals surface area (Å²) in [7, 11) is 0. The molecule has 0 saturated carbocycles. The number of benzene rings is 2. The van der Waals surface area contributed by atoms with E-state index in [1.165, 1.54) is 5.56 Å². The predicted molar refractivity (Wildman–Crippen MR) is 102 cm³/mol. The fourth-order valence-electron chi connectivity index (χ4n) is 4.65. The van der Waals surface area contributed by atoms with Gasteiger partial charge in [0.1, 0.15) is 11.0 Å². The third-order valence-electron chi connectivity index (χ3n) is 6.26. The summed E-state index contributed by atoms with van der Waals surface area (Å²) in [5.74, 6) is -0.372. The first-order chi connectivity index (χ1) is 14.1. The molecule has 29 heavy (non-hydrogen) atoms. The maximum Gasteiger partial charge on any atom is 0.274 e. The van der Waals surface area contributed by atoms with Crippen molar-refractivity contribution in [1.29, 1.82) is 0 Å². The van der Waals surface area contributed by atoms with E-state index in [0.717, 1.165) is 30.4 Å². The van der Waals surface area contributed by atoms with Crippen molar-refractivity contribution in [3.05, 3.63) is 58.7 Å². The van der Waals surface area contributed by atoms with E-state index in [0.29, 0.717) is 36.1 Å². The summed E-state index contributed by atoms with van der Waals surface area (Å²) >= 11 is 0. The highest BCUT2D eigenvalue weighted by atomic mass is 16.6. The Labute approximate surface area is 166 Å². The molecule has 2 heterocycles. The number of hydrogen-bond donors (Lipinski definition) is 2. The molecule has 1 atom stereocenters. The molecule has 1 fully saturated rings. The van der Waals surface area contributed by atoms with E-state index >= 15 is 0 Å². The molecule has 8 nitrogen and oxygen atoms in total.